The number of hydrogen-bond donors (Lipinski definition) is 1. The minimum absolute atomic E-state index is 0.00697. The molecule has 0 bridgehead atoms. The molecule has 0 aromatic heterocycles. The molecule has 0 aliphatic carbocycles. The molecule has 2 amide bonds. The number of amides is 2. The molecule has 7 nitrogen and oxygen atoms in total. The van der Waals surface area contributed by atoms with Crippen LogP contribution >= 0.6 is 23.2 Å². The van der Waals surface area contributed by atoms with E-state index in [2.05, 4.69) is 22.3 Å². The first kappa shape index (κ1) is 27.9. The number of nitrogens with zero attached hydrogens (tertiary/aromatic N) is 2. The number of ether oxygens (including phenoxy) is 2. The lowest BCUT2D eigenvalue weighted by Crippen LogP contribution is -2.49. The first-order valence-corrected chi connectivity index (χ1v) is 13.8. The van der Waals surface area contributed by atoms with Crippen LogP contribution in [0.15, 0.2) is 48.5 Å². The number of carbonyl (C=O) groups is 2. The van der Waals surface area contributed by atoms with E-state index in [1.165, 1.54) is 5.56 Å². The SMILES string of the molecule is O=C(Nc1ccc(C(=O)N2CCN(CCc3ccc(Cl)cc3)CC2)cc1)C(Cl)CCOC1CCCCO1. The standard InChI is InChI=1S/C28H35Cl2N3O4/c29-23-8-4-21(5-9-23)12-14-32-15-17-33(18-16-32)28(35)22-6-10-24(11-7-22)31-27(34)25(30)13-20-37-26-3-1-2-19-36-26/h4-11,25-26H,1-3,12-20H2,(H,31,34). The molecule has 0 saturated carbocycles. The van der Waals surface area contributed by atoms with Crippen molar-refractivity contribution in [1.29, 1.82) is 0 Å². The lowest BCUT2D eigenvalue weighted by molar-refractivity contribution is -0.163. The molecule has 2 atom stereocenters. The molecular formula is C28H35Cl2N3O4. The molecule has 2 unspecified atom stereocenters. The van der Waals surface area contributed by atoms with Crippen molar-refractivity contribution < 1.29 is 19.1 Å². The van der Waals surface area contributed by atoms with Crippen molar-refractivity contribution in [3.8, 4) is 0 Å². The van der Waals surface area contributed by atoms with Crippen molar-refractivity contribution in [2.75, 3.05) is 51.3 Å². The fraction of sp³-hybridized carbons (Fsp3) is 0.500. The molecule has 37 heavy (non-hydrogen) atoms. The summed E-state index contributed by atoms with van der Waals surface area (Å²) >= 11 is 12.2. The predicted octanol–water partition coefficient (Wildman–Crippen LogP) is 4.82. The third kappa shape index (κ3) is 8.69. The highest BCUT2D eigenvalue weighted by molar-refractivity contribution is 6.32. The predicted molar refractivity (Wildman–Crippen MR) is 146 cm³/mol. The Kier molecular flexibility index (Phi) is 10.6. The Balaban J connectivity index is 1.16. The second-order valence-corrected chi connectivity index (χ2v) is 10.5. The van der Waals surface area contributed by atoms with Crippen molar-refractivity contribution in [3.05, 3.63) is 64.7 Å². The van der Waals surface area contributed by atoms with Gasteiger partial charge in [-0.2, -0.15) is 0 Å². The van der Waals surface area contributed by atoms with E-state index in [9.17, 15) is 9.59 Å². The fourth-order valence-corrected chi connectivity index (χ4v) is 4.76. The van der Waals surface area contributed by atoms with E-state index in [1.54, 1.807) is 24.3 Å². The molecular weight excluding hydrogens is 513 g/mol. The van der Waals surface area contributed by atoms with Gasteiger partial charge >= 0.3 is 0 Å². The van der Waals surface area contributed by atoms with E-state index < -0.39 is 5.38 Å². The molecule has 2 aromatic carbocycles. The Morgan fingerprint density at radius 2 is 1.76 bits per heavy atom. The Morgan fingerprint density at radius 1 is 1.03 bits per heavy atom. The van der Waals surface area contributed by atoms with Crippen LogP contribution in [0.1, 0.15) is 41.6 Å². The van der Waals surface area contributed by atoms with Gasteiger partial charge in [0.25, 0.3) is 5.91 Å². The Hall–Kier alpha value is -2.16. The summed E-state index contributed by atoms with van der Waals surface area (Å²) in [7, 11) is 0. The normalized spacial score (nSPS) is 19.4. The Morgan fingerprint density at radius 3 is 2.43 bits per heavy atom. The molecule has 2 fully saturated rings. The first-order valence-electron chi connectivity index (χ1n) is 13.0. The Bertz CT molecular complexity index is 1010. The summed E-state index contributed by atoms with van der Waals surface area (Å²) in [6, 6.07) is 14.9. The van der Waals surface area contributed by atoms with Crippen molar-refractivity contribution in [1.82, 2.24) is 9.80 Å². The average Bonchev–Trinajstić information content (AvgIpc) is 2.93. The number of hydrogen-bond acceptors (Lipinski definition) is 5. The van der Waals surface area contributed by atoms with Gasteiger partial charge in [-0.3, -0.25) is 14.5 Å². The summed E-state index contributed by atoms with van der Waals surface area (Å²) in [5.74, 6) is -0.281. The van der Waals surface area contributed by atoms with E-state index in [0.29, 0.717) is 37.4 Å². The molecule has 2 aromatic rings. The van der Waals surface area contributed by atoms with E-state index in [0.717, 1.165) is 56.9 Å². The third-order valence-corrected chi connectivity index (χ3v) is 7.45. The number of alkyl halides is 1. The lowest BCUT2D eigenvalue weighted by atomic mass is 10.1. The minimum Gasteiger partial charge on any atom is -0.353 e. The van der Waals surface area contributed by atoms with Gasteiger partial charge in [-0.15, -0.1) is 11.6 Å². The van der Waals surface area contributed by atoms with E-state index in [4.69, 9.17) is 32.7 Å². The molecule has 9 heteroatoms. The summed E-state index contributed by atoms with van der Waals surface area (Å²) in [6.07, 6.45) is 4.20. The summed E-state index contributed by atoms with van der Waals surface area (Å²) in [5.41, 5.74) is 2.48. The topological polar surface area (TPSA) is 71.1 Å². The van der Waals surface area contributed by atoms with Gasteiger partial charge in [0.2, 0.25) is 5.91 Å². The zero-order valence-corrected chi connectivity index (χ0v) is 22.6. The van der Waals surface area contributed by atoms with E-state index >= 15 is 0 Å². The summed E-state index contributed by atoms with van der Waals surface area (Å²) in [6.45, 7) is 5.13. The van der Waals surface area contributed by atoms with Crippen LogP contribution in [-0.2, 0) is 20.7 Å². The quantitative estimate of drug-likeness (QED) is 0.432. The summed E-state index contributed by atoms with van der Waals surface area (Å²) < 4.78 is 11.2. The van der Waals surface area contributed by atoms with Crippen molar-refractivity contribution in [3.63, 3.8) is 0 Å². The zero-order valence-electron chi connectivity index (χ0n) is 21.0. The third-order valence-electron chi connectivity index (χ3n) is 6.79. The van der Waals surface area contributed by atoms with Gasteiger partial charge in [0, 0.05) is 55.6 Å². The van der Waals surface area contributed by atoms with Crippen molar-refractivity contribution >= 4 is 40.7 Å². The molecule has 200 valence electrons. The van der Waals surface area contributed by atoms with E-state index in [1.807, 2.05) is 17.0 Å². The van der Waals surface area contributed by atoms with Gasteiger partial charge in [-0.1, -0.05) is 23.7 Å². The second-order valence-electron chi connectivity index (χ2n) is 9.50. The van der Waals surface area contributed by atoms with Crippen LogP contribution in [0.25, 0.3) is 0 Å². The van der Waals surface area contributed by atoms with Gasteiger partial charge in [-0.05, 0) is 74.1 Å². The van der Waals surface area contributed by atoms with E-state index in [-0.39, 0.29) is 18.1 Å². The van der Waals surface area contributed by atoms with Crippen LogP contribution in [0.4, 0.5) is 5.69 Å². The molecule has 4 rings (SSSR count). The molecule has 2 saturated heterocycles. The van der Waals surface area contributed by atoms with Crippen LogP contribution < -0.4 is 5.32 Å². The number of benzene rings is 2. The van der Waals surface area contributed by atoms with Gasteiger partial charge in [-0.25, -0.2) is 0 Å². The maximum absolute atomic E-state index is 13.0. The van der Waals surface area contributed by atoms with Crippen LogP contribution in [0.2, 0.25) is 5.02 Å². The highest BCUT2D eigenvalue weighted by Crippen LogP contribution is 2.17. The maximum Gasteiger partial charge on any atom is 0.253 e. The number of rotatable bonds is 10. The molecule has 0 spiro atoms. The average molecular weight is 549 g/mol. The largest absolute Gasteiger partial charge is 0.353 e. The fourth-order valence-electron chi connectivity index (χ4n) is 4.49. The molecule has 0 radical (unpaired) electrons. The highest BCUT2D eigenvalue weighted by atomic mass is 35.5. The lowest BCUT2D eigenvalue weighted by Gasteiger charge is -2.34. The van der Waals surface area contributed by atoms with Gasteiger partial charge < -0.3 is 19.7 Å². The van der Waals surface area contributed by atoms with Crippen molar-refractivity contribution in [2.24, 2.45) is 0 Å². The number of nitrogens with one attached hydrogen (secondary N) is 1. The molecule has 1 N–H and O–H groups in total. The van der Waals surface area contributed by atoms with Crippen LogP contribution in [0, 0.1) is 0 Å². The highest BCUT2D eigenvalue weighted by Gasteiger charge is 2.22. The van der Waals surface area contributed by atoms with Gasteiger partial charge in [0.1, 0.15) is 5.38 Å². The van der Waals surface area contributed by atoms with Crippen LogP contribution in [0.5, 0.6) is 0 Å². The van der Waals surface area contributed by atoms with Gasteiger partial charge in [0.05, 0.1) is 6.61 Å². The number of anilines is 1. The number of carbonyl (C=O) groups excluding carboxylic acids is 2. The van der Waals surface area contributed by atoms with Gasteiger partial charge in [0.15, 0.2) is 6.29 Å². The Labute approximate surface area is 229 Å². The molecule has 2 heterocycles. The minimum atomic E-state index is -0.708. The van der Waals surface area contributed by atoms with Crippen LogP contribution in [0.3, 0.4) is 0 Å². The second kappa shape index (κ2) is 14.1. The number of piperazine rings is 1. The first-order chi connectivity index (χ1) is 18.0. The maximum atomic E-state index is 13.0. The zero-order chi connectivity index (χ0) is 26.0. The monoisotopic (exact) mass is 547 g/mol. The molecule has 2 aliphatic heterocycles. The van der Waals surface area contributed by atoms with Crippen molar-refractivity contribution in [2.45, 2.75) is 43.8 Å². The number of halogens is 2. The smallest absolute Gasteiger partial charge is 0.253 e. The summed E-state index contributed by atoms with van der Waals surface area (Å²) in [5, 5.41) is 2.86. The summed E-state index contributed by atoms with van der Waals surface area (Å²) in [4.78, 5) is 29.7. The van der Waals surface area contributed by atoms with Crippen LogP contribution in [-0.4, -0.2) is 79.2 Å². The molecule has 2 aliphatic rings.